The van der Waals surface area contributed by atoms with E-state index >= 15 is 0 Å². The molecule has 1 unspecified atom stereocenters. The second kappa shape index (κ2) is 9.84. The number of ether oxygens (including phenoxy) is 2. The van der Waals surface area contributed by atoms with Gasteiger partial charge < -0.3 is 25.4 Å². The van der Waals surface area contributed by atoms with E-state index in [0.29, 0.717) is 48.8 Å². The minimum Gasteiger partial charge on any atom is -0.475 e. The van der Waals surface area contributed by atoms with E-state index in [9.17, 15) is 13.6 Å². The normalized spacial score (nSPS) is 20.9. The summed E-state index contributed by atoms with van der Waals surface area (Å²) >= 11 is 0. The minimum absolute atomic E-state index is 0.0198. The van der Waals surface area contributed by atoms with Crippen LogP contribution in [-0.2, 0) is 4.74 Å². The molecule has 1 aromatic carbocycles. The van der Waals surface area contributed by atoms with E-state index in [1.807, 2.05) is 18.7 Å². The molecule has 1 aromatic heterocycles. The van der Waals surface area contributed by atoms with Crippen molar-refractivity contribution in [3.63, 3.8) is 0 Å². The molecule has 0 bridgehead atoms. The minimum atomic E-state index is -0.730. The highest BCUT2D eigenvalue weighted by molar-refractivity contribution is 6.04. The molecule has 1 aliphatic heterocycles. The lowest BCUT2D eigenvalue weighted by Crippen LogP contribution is -2.40. The fourth-order valence-corrected chi connectivity index (χ4v) is 4.44. The molecule has 34 heavy (non-hydrogen) atoms. The van der Waals surface area contributed by atoms with E-state index in [1.165, 1.54) is 18.3 Å². The predicted molar refractivity (Wildman–Crippen MR) is 126 cm³/mol. The maximum absolute atomic E-state index is 14.3. The van der Waals surface area contributed by atoms with Crippen LogP contribution in [0.5, 0.6) is 5.88 Å². The standard InChI is InChI=1S/C25H32F2N4O3/c1-15(16-4-5-16)30-23(32)20-13-29-24(34-9-8-33-3)21(17-10-18(26)12-19(27)11-17)22(20)31-7-6-25(2,28)14-31/h10-13,15-16H,4-9,14,28H2,1-3H3,(H,30,32)/t15?,25-/m0/s1. The molecular formula is C25H32F2N4O3. The highest BCUT2D eigenvalue weighted by atomic mass is 19.1. The summed E-state index contributed by atoms with van der Waals surface area (Å²) in [6.07, 6.45) is 4.35. The van der Waals surface area contributed by atoms with Crippen molar-refractivity contribution in [3.8, 4) is 17.0 Å². The SMILES string of the molecule is COCCOc1ncc(C(=O)NC(C)C2CC2)c(N2CC[C@](C)(N)C2)c1-c1cc(F)cc(F)c1. The molecule has 3 N–H and O–H groups in total. The molecule has 1 amide bonds. The first kappa shape index (κ1) is 24.3. The van der Waals surface area contributed by atoms with E-state index in [2.05, 4.69) is 10.3 Å². The Bertz CT molecular complexity index is 1040. The van der Waals surface area contributed by atoms with Crippen LogP contribution >= 0.6 is 0 Å². The van der Waals surface area contributed by atoms with Crippen molar-refractivity contribution in [3.05, 3.63) is 41.6 Å². The van der Waals surface area contributed by atoms with E-state index in [0.717, 1.165) is 18.9 Å². The molecule has 4 rings (SSSR count). The predicted octanol–water partition coefficient (Wildman–Crippen LogP) is 3.51. The van der Waals surface area contributed by atoms with Gasteiger partial charge in [0.1, 0.15) is 18.2 Å². The molecule has 1 saturated heterocycles. The third kappa shape index (κ3) is 5.47. The van der Waals surface area contributed by atoms with Gasteiger partial charge in [0.2, 0.25) is 5.88 Å². The Morgan fingerprint density at radius 1 is 1.29 bits per heavy atom. The Balaban J connectivity index is 1.86. The van der Waals surface area contributed by atoms with Gasteiger partial charge in [-0.2, -0.15) is 0 Å². The summed E-state index contributed by atoms with van der Waals surface area (Å²) in [5, 5.41) is 3.07. The Hall–Kier alpha value is -2.78. The number of carbonyl (C=O) groups is 1. The van der Waals surface area contributed by atoms with Crippen molar-refractivity contribution in [2.75, 3.05) is 38.3 Å². The molecule has 0 radical (unpaired) electrons. The van der Waals surface area contributed by atoms with E-state index in [1.54, 1.807) is 7.11 Å². The summed E-state index contributed by atoms with van der Waals surface area (Å²) < 4.78 is 39.5. The monoisotopic (exact) mass is 474 g/mol. The number of anilines is 1. The zero-order valence-electron chi connectivity index (χ0n) is 19.9. The molecule has 7 nitrogen and oxygen atoms in total. The van der Waals surface area contributed by atoms with Crippen LogP contribution in [0.2, 0.25) is 0 Å². The number of hydrogen-bond donors (Lipinski definition) is 2. The number of amides is 1. The topological polar surface area (TPSA) is 89.7 Å². The maximum Gasteiger partial charge on any atom is 0.255 e. The van der Waals surface area contributed by atoms with Crippen molar-refractivity contribution in [2.24, 2.45) is 11.7 Å². The van der Waals surface area contributed by atoms with Crippen LogP contribution in [0.15, 0.2) is 24.4 Å². The summed E-state index contributed by atoms with van der Waals surface area (Å²) in [7, 11) is 1.55. The number of pyridine rings is 1. The molecule has 2 fully saturated rings. The van der Waals surface area contributed by atoms with Crippen LogP contribution in [-0.4, -0.2) is 55.9 Å². The number of nitrogens with one attached hydrogen (secondary N) is 1. The first-order valence-corrected chi connectivity index (χ1v) is 11.6. The molecule has 1 saturated carbocycles. The third-order valence-electron chi connectivity index (χ3n) is 6.45. The lowest BCUT2D eigenvalue weighted by molar-refractivity contribution is 0.0935. The van der Waals surface area contributed by atoms with Gasteiger partial charge in [-0.05, 0) is 56.7 Å². The number of nitrogens with two attached hydrogens (primary N) is 1. The van der Waals surface area contributed by atoms with Crippen LogP contribution < -0.4 is 20.7 Å². The number of rotatable bonds is 9. The number of carbonyl (C=O) groups excluding carboxylic acids is 1. The van der Waals surface area contributed by atoms with E-state index < -0.39 is 17.2 Å². The van der Waals surface area contributed by atoms with Gasteiger partial charge in [-0.3, -0.25) is 4.79 Å². The smallest absolute Gasteiger partial charge is 0.255 e. The van der Waals surface area contributed by atoms with Crippen molar-refractivity contribution in [1.29, 1.82) is 0 Å². The second-order valence-corrected chi connectivity index (χ2v) is 9.63. The summed E-state index contributed by atoms with van der Waals surface area (Å²) in [6, 6.07) is 3.27. The lowest BCUT2D eigenvalue weighted by Gasteiger charge is -2.28. The zero-order valence-corrected chi connectivity index (χ0v) is 19.9. The number of benzene rings is 1. The average molecular weight is 475 g/mol. The molecule has 9 heteroatoms. The Morgan fingerprint density at radius 3 is 2.59 bits per heavy atom. The second-order valence-electron chi connectivity index (χ2n) is 9.63. The lowest BCUT2D eigenvalue weighted by atomic mass is 9.99. The van der Waals surface area contributed by atoms with Crippen LogP contribution in [0.1, 0.15) is 43.5 Å². The first-order chi connectivity index (χ1) is 16.2. The van der Waals surface area contributed by atoms with Gasteiger partial charge in [-0.1, -0.05) is 0 Å². The number of hydrogen-bond acceptors (Lipinski definition) is 6. The fourth-order valence-electron chi connectivity index (χ4n) is 4.44. The van der Waals surface area contributed by atoms with Crippen LogP contribution in [0.3, 0.4) is 0 Å². The molecular weight excluding hydrogens is 442 g/mol. The highest BCUT2D eigenvalue weighted by Crippen LogP contribution is 2.43. The third-order valence-corrected chi connectivity index (χ3v) is 6.45. The highest BCUT2D eigenvalue weighted by Gasteiger charge is 2.36. The summed E-state index contributed by atoms with van der Waals surface area (Å²) in [5.41, 5.74) is 7.37. The molecule has 2 atom stereocenters. The molecule has 1 aliphatic carbocycles. The molecule has 2 aliphatic rings. The summed E-state index contributed by atoms with van der Waals surface area (Å²) in [4.78, 5) is 19.8. The number of nitrogens with zero attached hydrogens (tertiary/aromatic N) is 2. The van der Waals surface area contributed by atoms with Crippen molar-refractivity contribution in [2.45, 2.75) is 44.7 Å². The van der Waals surface area contributed by atoms with Gasteiger partial charge in [0, 0.05) is 44.0 Å². The average Bonchev–Trinajstić information content (AvgIpc) is 3.55. The first-order valence-electron chi connectivity index (χ1n) is 11.6. The Kier molecular flexibility index (Phi) is 7.04. The Morgan fingerprint density at radius 2 is 2.00 bits per heavy atom. The van der Waals surface area contributed by atoms with Gasteiger partial charge in [0.25, 0.3) is 5.91 Å². The molecule has 2 heterocycles. The quantitative estimate of drug-likeness (QED) is 0.541. The molecule has 0 spiro atoms. The van der Waals surface area contributed by atoms with Gasteiger partial charge in [0.15, 0.2) is 0 Å². The maximum atomic E-state index is 14.3. The number of methoxy groups -OCH3 is 1. The van der Waals surface area contributed by atoms with E-state index in [-0.39, 0.29) is 30.0 Å². The van der Waals surface area contributed by atoms with Gasteiger partial charge in [-0.15, -0.1) is 0 Å². The number of aromatic nitrogens is 1. The van der Waals surface area contributed by atoms with E-state index in [4.69, 9.17) is 15.2 Å². The van der Waals surface area contributed by atoms with Crippen molar-refractivity contribution < 1.29 is 23.0 Å². The summed E-state index contributed by atoms with van der Waals surface area (Å²) in [5.74, 6) is -1.10. The Labute approximate surface area is 198 Å². The largest absolute Gasteiger partial charge is 0.475 e. The van der Waals surface area contributed by atoms with Crippen molar-refractivity contribution >= 4 is 11.6 Å². The molecule has 2 aromatic rings. The number of halogens is 2. The van der Waals surface area contributed by atoms with Crippen molar-refractivity contribution in [1.82, 2.24) is 10.3 Å². The van der Waals surface area contributed by atoms with Gasteiger partial charge in [0.05, 0.1) is 23.4 Å². The summed E-state index contributed by atoms with van der Waals surface area (Å²) in [6.45, 7) is 5.48. The fraction of sp³-hybridized carbons (Fsp3) is 0.520. The van der Waals surface area contributed by atoms with Crippen LogP contribution in [0, 0.1) is 17.6 Å². The zero-order chi connectivity index (χ0) is 24.5. The van der Waals surface area contributed by atoms with Crippen LogP contribution in [0.4, 0.5) is 14.5 Å². The molecule has 184 valence electrons. The van der Waals surface area contributed by atoms with Crippen LogP contribution in [0.25, 0.3) is 11.1 Å². The van der Waals surface area contributed by atoms with Gasteiger partial charge in [-0.25, -0.2) is 13.8 Å². The van der Waals surface area contributed by atoms with Gasteiger partial charge >= 0.3 is 0 Å².